The van der Waals surface area contributed by atoms with Crippen LogP contribution >= 0.6 is 0 Å². The van der Waals surface area contributed by atoms with Crippen LogP contribution in [0.15, 0.2) is 29.2 Å². The highest BCUT2D eigenvalue weighted by atomic mass is 32.2. The molecule has 116 valence electrons. The zero-order valence-corrected chi connectivity index (χ0v) is 13.2. The number of ether oxygens (including phenoxy) is 1. The Kier molecular flexibility index (Phi) is 5.00. The van der Waals surface area contributed by atoms with E-state index in [0.717, 1.165) is 19.3 Å². The summed E-state index contributed by atoms with van der Waals surface area (Å²) >= 11 is 0. The molecule has 1 aliphatic carbocycles. The van der Waals surface area contributed by atoms with E-state index in [2.05, 4.69) is 16.4 Å². The van der Waals surface area contributed by atoms with Crippen molar-refractivity contribution in [2.24, 2.45) is 11.8 Å². The van der Waals surface area contributed by atoms with E-state index < -0.39 is 16.0 Å². The summed E-state index contributed by atoms with van der Waals surface area (Å²) in [5.74, 6) is 0.382. The zero-order valence-electron chi connectivity index (χ0n) is 12.3. The molecule has 2 unspecified atom stereocenters. The van der Waals surface area contributed by atoms with Gasteiger partial charge in [0, 0.05) is 6.54 Å². The standard InChI is InChI=1S/C15H21NO4S/c1-11-7-8-12(9-11)10-16-21(18,19)14-6-4-3-5-13(14)15(17)20-2/h3-6,11-12,16H,7-10H2,1-2H3. The maximum atomic E-state index is 12.4. The van der Waals surface area contributed by atoms with E-state index in [-0.39, 0.29) is 10.5 Å². The molecule has 0 saturated heterocycles. The molecule has 1 aromatic rings. The lowest BCUT2D eigenvalue weighted by atomic mass is 10.1. The van der Waals surface area contributed by atoms with Crippen molar-refractivity contribution in [3.63, 3.8) is 0 Å². The zero-order chi connectivity index (χ0) is 15.5. The molecule has 0 aliphatic heterocycles. The van der Waals surface area contributed by atoms with Gasteiger partial charge in [-0.1, -0.05) is 25.5 Å². The molecule has 1 aromatic carbocycles. The number of sulfonamides is 1. The first-order valence-corrected chi connectivity index (χ1v) is 8.59. The van der Waals surface area contributed by atoms with E-state index in [1.807, 2.05) is 0 Å². The van der Waals surface area contributed by atoms with Crippen molar-refractivity contribution in [3.8, 4) is 0 Å². The van der Waals surface area contributed by atoms with Gasteiger partial charge < -0.3 is 4.74 Å². The minimum Gasteiger partial charge on any atom is -0.465 e. The molecule has 1 aliphatic rings. The van der Waals surface area contributed by atoms with Crippen molar-refractivity contribution < 1.29 is 17.9 Å². The topological polar surface area (TPSA) is 72.5 Å². The SMILES string of the molecule is COC(=O)c1ccccc1S(=O)(=O)NCC1CCC(C)C1. The normalized spacial score (nSPS) is 22.2. The molecule has 0 spiro atoms. The van der Waals surface area contributed by atoms with Crippen LogP contribution in [0.2, 0.25) is 0 Å². The predicted octanol–water partition coefficient (Wildman–Crippen LogP) is 2.19. The molecule has 2 rings (SSSR count). The van der Waals surface area contributed by atoms with E-state index in [9.17, 15) is 13.2 Å². The molecule has 2 atom stereocenters. The van der Waals surface area contributed by atoms with Gasteiger partial charge in [0.15, 0.2) is 0 Å². The number of benzene rings is 1. The van der Waals surface area contributed by atoms with Crippen LogP contribution in [0.25, 0.3) is 0 Å². The van der Waals surface area contributed by atoms with Gasteiger partial charge in [0.1, 0.15) is 0 Å². The molecule has 5 nitrogen and oxygen atoms in total. The number of methoxy groups -OCH3 is 1. The second-order valence-electron chi connectivity index (χ2n) is 5.62. The molecule has 1 N–H and O–H groups in total. The first kappa shape index (κ1) is 16.0. The van der Waals surface area contributed by atoms with Gasteiger partial charge in [-0.15, -0.1) is 0 Å². The number of hydrogen-bond donors (Lipinski definition) is 1. The fourth-order valence-electron chi connectivity index (χ4n) is 2.80. The van der Waals surface area contributed by atoms with E-state index >= 15 is 0 Å². The number of carbonyl (C=O) groups excluding carboxylic acids is 1. The molecule has 0 amide bonds. The van der Waals surface area contributed by atoms with Gasteiger partial charge in [0.2, 0.25) is 10.0 Å². The second kappa shape index (κ2) is 6.58. The molecular formula is C15H21NO4S. The molecular weight excluding hydrogens is 290 g/mol. The minimum absolute atomic E-state index is 0.0251. The minimum atomic E-state index is -3.70. The lowest BCUT2D eigenvalue weighted by Crippen LogP contribution is -2.30. The van der Waals surface area contributed by atoms with Gasteiger partial charge in [-0.25, -0.2) is 17.9 Å². The molecule has 1 saturated carbocycles. The highest BCUT2D eigenvalue weighted by Gasteiger charge is 2.26. The van der Waals surface area contributed by atoms with Crippen molar-refractivity contribution in [2.45, 2.75) is 31.1 Å². The van der Waals surface area contributed by atoms with Crippen molar-refractivity contribution in [1.82, 2.24) is 4.72 Å². The van der Waals surface area contributed by atoms with Gasteiger partial charge in [-0.05, 0) is 36.8 Å². The monoisotopic (exact) mass is 311 g/mol. The smallest absolute Gasteiger partial charge is 0.339 e. The van der Waals surface area contributed by atoms with Crippen LogP contribution in [0.4, 0.5) is 0 Å². The van der Waals surface area contributed by atoms with Crippen LogP contribution in [-0.2, 0) is 14.8 Å². The molecule has 0 heterocycles. The van der Waals surface area contributed by atoms with Gasteiger partial charge >= 0.3 is 5.97 Å². The summed E-state index contributed by atoms with van der Waals surface area (Å²) in [6.45, 7) is 2.60. The summed E-state index contributed by atoms with van der Waals surface area (Å²) in [7, 11) is -2.47. The Morgan fingerprint density at radius 3 is 2.67 bits per heavy atom. The van der Waals surface area contributed by atoms with Gasteiger partial charge in [-0.2, -0.15) is 0 Å². The third-order valence-corrected chi connectivity index (χ3v) is 5.43. The largest absolute Gasteiger partial charge is 0.465 e. The summed E-state index contributed by atoms with van der Waals surface area (Å²) in [4.78, 5) is 11.6. The van der Waals surface area contributed by atoms with Crippen molar-refractivity contribution in [3.05, 3.63) is 29.8 Å². The summed E-state index contributed by atoms with van der Waals surface area (Å²) in [5.41, 5.74) is 0.0623. The Labute approximate surface area is 125 Å². The van der Waals surface area contributed by atoms with Crippen molar-refractivity contribution >= 4 is 16.0 Å². The van der Waals surface area contributed by atoms with Crippen molar-refractivity contribution in [1.29, 1.82) is 0 Å². The quantitative estimate of drug-likeness (QED) is 0.846. The lowest BCUT2D eigenvalue weighted by molar-refractivity contribution is 0.0596. The van der Waals surface area contributed by atoms with E-state index in [0.29, 0.717) is 18.4 Å². The van der Waals surface area contributed by atoms with Crippen molar-refractivity contribution in [2.75, 3.05) is 13.7 Å². The van der Waals surface area contributed by atoms with Gasteiger partial charge in [-0.3, -0.25) is 0 Å². The van der Waals surface area contributed by atoms with Crippen LogP contribution in [-0.4, -0.2) is 28.0 Å². The van der Waals surface area contributed by atoms with Crippen LogP contribution in [0.1, 0.15) is 36.5 Å². The third kappa shape index (κ3) is 3.83. The van der Waals surface area contributed by atoms with Crippen LogP contribution in [0, 0.1) is 11.8 Å². The first-order valence-electron chi connectivity index (χ1n) is 7.11. The van der Waals surface area contributed by atoms with Gasteiger partial charge in [0.25, 0.3) is 0 Å². The van der Waals surface area contributed by atoms with E-state index in [1.54, 1.807) is 12.1 Å². The highest BCUT2D eigenvalue weighted by molar-refractivity contribution is 7.89. The molecule has 0 bridgehead atoms. The summed E-state index contributed by atoms with van der Waals surface area (Å²) in [6.07, 6.45) is 3.23. The Bertz CT molecular complexity index is 612. The summed E-state index contributed by atoms with van der Waals surface area (Å²) in [5, 5.41) is 0. The van der Waals surface area contributed by atoms with Crippen LogP contribution in [0.3, 0.4) is 0 Å². The number of esters is 1. The summed E-state index contributed by atoms with van der Waals surface area (Å²) in [6, 6.07) is 6.09. The van der Waals surface area contributed by atoms with E-state index in [4.69, 9.17) is 0 Å². The second-order valence-corrected chi connectivity index (χ2v) is 7.36. The van der Waals surface area contributed by atoms with Gasteiger partial charge in [0.05, 0.1) is 17.6 Å². The Balaban J connectivity index is 2.14. The lowest BCUT2D eigenvalue weighted by Gasteiger charge is -2.13. The van der Waals surface area contributed by atoms with Crippen LogP contribution in [0.5, 0.6) is 0 Å². The molecule has 1 fully saturated rings. The fourth-order valence-corrected chi connectivity index (χ4v) is 4.10. The molecule has 0 aromatic heterocycles. The first-order chi connectivity index (χ1) is 9.94. The number of nitrogens with one attached hydrogen (secondary N) is 1. The predicted molar refractivity (Wildman–Crippen MR) is 79.5 cm³/mol. The Morgan fingerprint density at radius 2 is 2.05 bits per heavy atom. The Morgan fingerprint density at radius 1 is 1.33 bits per heavy atom. The maximum Gasteiger partial charge on any atom is 0.339 e. The number of rotatable bonds is 5. The Hall–Kier alpha value is -1.40. The van der Waals surface area contributed by atoms with E-state index in [1.165, 1.54) is 19.2 Å². The number of carbonyl (C=O) groups is 1. The van der Waals surface area contributed by atoms with Crippen LogP contribution < -0.4 is 4.72 Å². The molecule has 0 radical (unpaired) electrons. The average Bonchev–Trinajstić information content (AvgIpc) is 2.90. The number of hydrogen-bond acceptors (Lipinski definition) is 4. The average molecular weight is 311 g/mol. The summed E-state index contributed by atoms with van der Waals surface area (Å²) < 4.78 is 32.0. The molecule has 21 heavy (non-hydrogen) atoms. The molecule has 6 heteroatoms. The highest BCUT2D eigenvalue weighted by Crippen LogP contribution is 2.30. The maximum absolute atomic E-state index is 12.4. The third-order valence-electron chi connectivity index (χ3n) is 3.95. The fraction of sp³-hybridized carbons (Fsp3) is 0.533.